The van der Waals surface area contributed by atoms with Gasteiger partial charge in [0.1, 0.15) is 41.3 Å². The van der Waals surface area contributed by atoms with E-state index in [1.54, 1.807) is 24.2 Å². The molecule has 6 heterocycles. The standard InChI is InChI=1S/C34H32F3N11O2/c1-4-50-22-15-45(3)33(49)29-12-21(14-47(29)31-24-13-41-48(32(24)40-17-39-31)28-6-5-19(35)10-25(28)37)43-34-38-8-7-26(44-34)23-9-20(36)11-27-30(23)46(16-22)18(2)42-27/h5-11,13,17,21-22,29H,4,12,14-16H2,1-3H3,(H,38,43,44)/t21-,22-,29-/m0/s1. The Labute approximate surface area is 283 Å². The topological polar surface area (TPSA) is 132 Å². The summed E-state index contributed by atoms with van der Waals surface area (Å²) in [4.78, 5) is 40.8. The molecular formula is C34H32F3N11O2. The number of anilines is 2. The third kappa shape index (κ3) is 5.45. The number of fused-ring (bicyclic) bond motifs is 6. The number of aryl methyl sites for hydroxylation is 1. The molecule has 1 amide bonds. The van der Waals surface area contributed by atoms with Crippen LogP contribution in [-0.2, 0) is 16.1 Å². The zero-order chi connectivity index (χ0) is 34.7. The summed E-state index contributed by atoms with van der Waals surface area (Å²) in [5.41, 5.74) is 2.58. The van der Waals surface area contributed by atoms with Gasteiger partial charge >= 0.3 is 0 Å². The van der Waals surface area contributed by atoms with Crippen molar-refractivity contribution >= 4 is 39.7 Å². The Kier molecular flexibility index (Phi) is 7.81. The van der Waals surface area contributed by atoms with Crippen molar-refractivity contribution in [3.05, 3.63) is 78.4 Å². The van der Waals surface area contributed by atoms with Crippen LogP contribution in [0.5, 0.6) is 0 Å². The second kappa shape index (κ2) is 12.4. The molecule has 1 saturated heterocycles. The fourth-order valence-electron chi connectivity index (χ4n) is 7.08. The fourth-order valence-corrected chi connectivity index (χ4v) is 7.08. The Bertz CT molecular complexity index is 2270. The summed E-state index contributed by atoms with van der Waals surface area (Å²) in [6.45, 7) is 5.10. The molecule has 0 radical (unpaired) electrons. The van der Waals surface area contributed by atoms with E-state index in [0.29, 0.717) is 77.0 Å². The number of carbonyl (C=O) groups is 1. The van der Waals surface area contributed by atoms with Crippen molar-refractivity contribution in [1.29, 1.82) is 0 Å². The highest BCUT2D eigenvalue weighted by Crippen LogP contribution is 2.34. The van der Waals surface area contributed by atoms with Gasteiger partial charge in [-0.1, -0.05) is 0 Å². The summed E-state index contributed by atoms with van der Waals surface area (Å²) in [6, 6.07) is 6.80. The van der Waals surface area contributed by atoms with Crippen molar-refractivity contribution in [2.24, 2.45) is 0 Å². The van der Waals surface area contributed by atoms with Gasteiger partial charge in [0.2, 0.25) is 11.9 Å². The number of rotatable bonds is 4. The van der Waals surface area contributed by atoms with Gasteiger partial charge in [0.05, 0.1) is 41.0 Å². The van der Waals surface area contributed by atoms with E-state index in [4.69, 9.17) is 9.72 Å². The van der Waals surface area contributed by atoms with Crippen molar-refractivity contribution < 1.29 is 22.7 Å². The number of amides is 1. The molecule has 256 valence electrons. The monoisotopic (exact) mass is 683 g/mol. The molecule has 16 heteroatoms. The summed E-state index contributed by atoms with van der Waals surface area (Å²) in [5, 5.41) is 8.23. The van der Waals surface area contributed by atoms with Crippen molar-refractivity contribution in [3.63, 3.8) is 0 Å². The van der Waals surface area contributed by atoms with Gasteiger partial charge in [-0.25, -0.2) is 42.8 Å². The SMILES string of the molecule is CCO[C@H]1CN(C)C(=O)[C@@H]2C[C@@H](CN2c2ncnc3c2cnn3-c2ccc(F)cc2F)Nc2nccc(n2)-c2cc(F)cc3nc(C)n(c23)C1. The van der Waals surface area contributed by atoms with Gasteiger partial charge in [-0.3, -0.25) is 4.79 Å². The summed E-state index contributed by atoms with van der Waals surface area (Å²) in [7, 11) is 1.74. The third-order valence-electron chi connectivity index (χ3n) is 9.25. The van der Waals surface area contributed by atoms with Gasteiger partial charge < -0.3 is 24.4 Å². The van der Waals surface area contributed by atoms with Crippen molar-refractivity contribution in [1.82, 2.24) is 44.2 Å². The van der Waals surface area contributed by atoms with E-state index < -0.39 is 29.6 Å². The summed E-state index contributed by atoms with van der Waals surface area (Å²) in [6.07, 6.45) is 4.39. The molecule has 50 heavy (non-hydrogen) atoms. The van der Waals surface area contributed by atoms with Gasteiger partial charge in [0.25, 0.3) is 0 Å². The molecule has 1 fully saturated rings. The number of nitrogens with zero attached hydrogens (tertiary/aromatic N) is 10. The highest BCUT2D eigenvalue weighted by molar-refractivity contribution is 5.93. The fraction of sp³-hybridized carbons (Fsp3) is 0.324. The number of nitrogens with one attached hydrogen (secondary N) is 1. The average molecular weight is 684 g/mol. The first kappa shape index (κ1) is 31.6. The molecule has 0 spiro atoms. The average Bonchev–Trinajstić information content (AvgIpc) is 3.79. The Balaban J connectivity index is 1.23. The third-order valence-corrected chi connectivity index (χ3v) is 9.25. The molecule has 2 aromatic carbocycles. The molecule has 1 N–H and O–H groups in total. The predicted octanol–water partition coefficient (Wildman–Crippen LogP) is 4.28. The Morgan fingerprint density at radius 3 is 2.68 bits per heavy atom. The molecule has 4 aromatic heterocycles. The van der Waals surface area contributed by atoms with E-state index >= 15 is 0 Å². The highest BCUT2D eigenvalue weighted by atomic mass is 19.1. The first-order valence-corrected chi connectivity index (χ1v) is 16.2. The number of likely N-dealkylation sites (N-methyl/N-ethyl adjacent to an activating group) is 1. The van der Waals surface area contributed by atoms with Crippen LogP contribution in [0.15, 0.2) is 55.1 Å². The number of carbonyl (C=O) groups excluding carboxylic acids is 1. The molecule has 2 aliphatic rings. The lowest BCUT2D eigenvalue weighted by Crippen LogP contribution is -2.47. The molecular weight excluding hydrogens is 651 g/mol. The minimum absolute atomic E-state index is 0.0201. The molecule has 6 aromatic rings. The number of hydrogen-bond acceptors (Lipinski definition) is 10. The maximum absolute atomic E-state index is 15.0. The second-order valence-corrected chi connectivity index (χ2v) is 12.5. The lowest BCUT2D eigenvalue weighted by molar-refractivity contribution is -0.133. The van der Waals surface area contributed by atoms with Gasteiger partial charge in [-0.15, -0.1) is 0 Å². The van der Waals surface area contributed by atoms with E-state index in [1.807, 2.05) is 23.3 Å². The minimum atomic E-state index is -0.800. The summed E-state index contributed by atoms with van der Waals surface area (Å²) < 4.78 is 52.9. The van der Waals surface area contributed by atoms with E-state index in [2.05, 4.69) is 30.4 Å². The quantitative estimate of drug-likeness (QED) is 0.287. The van der Waals surface area contributed by atoms with Crippen LogP contribution in [0.25, 0.3) is 39.0 Å². The smallest absolute Gasteiger partial charge is 0.245 e. The summed E-state index contributed by atoms with van der Waals surface area (Å²) >= 11 is 0. The van der Waals surface area contributed by atoms with Crippen LogP contribution >= 0.6 is 0 Å². The lowest BCUT2D eigenvalue weighted by Gasteiger charge is -2.31. The minimum Gasteiger partial charge on any atom is -0.375 e. The predicted molar refractivity (Wildman–Crippen MR) is 178 cm³/mol. The van der Waals surface area contributed by atoms with E-state index in [-0.39, 0.29) is 24.2 Å². The number of imidazole rings is 1. The van der Waals surface area contributed by atoms with Crippen molar-refractivity contribution in [2.75, 3.05) is 37.0 Å². The molecule has 0 unspecified atom stereocenters. The number of ether oxygens (including phenoxy) is 1. The van der Waals surface area contributed by atoms with Crippen molar-refractivity contribution in [3.8, 4) is 16.9 Å². The Hall–Kier alpha value is -5.64. The van der Waals surface area contributed by atoms with Gasteiger partial charge in [-0.05, 0) is 44.5 Å². The Morgan fingerprint density at radius 1 is 1.00 bits per heavy atom. The number of aromatic nitrogens is 8. The number of hydrogen-bond donors (Lipinski definition) is 1. The van der Waals surface area contributed by atoms with Gasteiger partial charge in [0, 0.05) is 56.7 Å². The van der Waals surface area contributed by atoms with E-state index in [9.17, 15) is 18.0 Å². The number of halogens is 3. The van der Waals surface area contributed by atoms with Gasteiger partial charge in [-0.2, -0.15) is 5.10 Å². The molecule has 3 atom stereocenters. The van der Waals surface area contributed by atoms with E-state index in [0.717, 1.165) is 12.1 Å². The largest absolute Gasteiger partial charge is 0.375 e. The van der Waals surface area contributed by atoms with Gasteiger partial charge in [0.15, 0.2) is 11.5 Å². The van der Waals surface area contributed by atoms with Crippen LogP contribution in [-0.4, -0.2) is 95.0 Å². The van der Waals surface area contributed by atoms with E-state index in [1.165, 1.54) is 35.4 Å². The maximum Gasteiger partial charge on any atom is 0.245 e. The molecule has 8 rings (SSSR count). The van der Waals surface area contributed by atoms with Crippen molar-refractivity contribution in [2.45, 2.75) is 45.0 Å². The van der Waals surface area contributed by atoms with Crippen LogP contribution < -0.4 is 10.2 Å². The Morgan fingerprint density at radius 2 is 1.86 bits per heavy atom. The zero-order valence-corrected chi connectivity index (χ0v) is 27.4. The lowest BCUT2D eigenvalue weighted by atomic mass is 10.1. The van der Waals surface area contributed by atoms with Crippen LogP contribution in [0, 0.1) is 24.4 Å². The first-order valence-electron chi connectivity index (χ1n) is 16.2. The summed E-state index contributed by atoms with van der Waals surface area (Å²) in [5.74, 6) is -0.710. The number of benzene rings is 2. The normalized spacial score (nSPS) is 19.6. The zero-order valence-electron chi connectivity index (χ0n) is 27.4. The van der Waals surface area contributed by atoms with Crippen LogP contribution in [0.4, 0.5) is 24.9 Å². The molecule has 0 saturated carbocycles. The molecule has 4 bridgehead atoms. The molecule has 13 nitrogen and oxygen atoms in total. The maximum atomic E-state index is 15.0. The second-order valence-electron chi connectivity index (χ2n) is 12.5. The molecule has 0 aliphatic carbocycles. The van der Waals surface area contributed by atoms with Crippen LogP contribution in [0.2, 0.25) is 0 Å². The highest BCUT2D eigenvalue weighted by Gasteiger charge is 2.41. The van der Waals surface area contributed by atoms with Crippen LogP contribution in [0.3, 0.4) is 0 Å². The first-order chi connectivity index (χ1) is 24.2. The molecule has 2 aliphatic heterocycles. The van der Waals surface area contributed by atoms with Crippen LogP contribution in [0.1, 0.15) is 19.2 Å².